The molecule has 1 aliphatic carbocycles. The summed E-state index contributed by atoms with van der Waals surface area (Å²) in [6.07, 6.45) is 8.23. The average Bonchev–Trinajstić information content (AvgIpc) is 2.52. The second-order valence-corrected chi connectivity index (χ2v) is 5.29. The van der Waals surface area contributed by atoms with Gasteiger partial charge in [-0.3, -0.25) is 0 Å². The zero-order chi connectivity index (χ0) is 14.2. The largest absolute Gasteiger partial charge is 0.466 e. The summed E-state index contributed by atoms with van der Waals surface area (Å²) in [5, 5.41) is 3.49. The minimum atomic E-state index is -0.253. The maximum Gasteiger partial charge on any atom is 0.335 e. The van der Waals surface area contributed by atoms with Gasteiger partial charge in [0.15, 0.2) is 0 Å². The van der Waals surface area contributed by atoms with Crippen LogP contribution in [-0.2, 0) is 9.53 Å². The zero-order valence-electron chi connectivity index (χ0n) is 12.1. The van der Waals surface area contributed by atoms with Crippen molar-refractivity contribution in [3.8, 4) is 0 Å². The summed E-state index contributed by atoms with van der Waals surface area (Å²) in [6, 6.07) is 10.4. The van der Waals surface area contributed by atoms with Gasteiger partial charge in [0.25, 0.3) is 0 Å². The molecule has 1 fully saturated rings. The Labute approximate surface area is 121 Å². The first-order chi connectivity index (χ1) is 9.79. The van der Waals surface area contributed by atoms with Crippen LogP contribution in [0.1, 0.15) is 37.7 Å². The number of carbonyl (C=O) groups excluding carboxylic acids is 1. The molecule has 0 spiro atoms. The van der Waals surface area contributed by atoms with Gasteiger partial charge in [0.2, 0.25) is 0 Å². The van der Waals surface area contributed by atoms with E-state index in [4.69, 9.17) is 4.74 Å². The molecular formula is C17H23NO2. The zero-order valence-corrected chi connectivity index (χ0v) is 12.1. The van der Waals surface area contributed by atoms with Gasteiger partial charge in [-0.25, -0.2) is 4.79 Å². The molecule has 0 amide bonds. The van der Waals surface area contributed by atoms with Crippen LogP contribution in [0.2, 0.25) is 0 Å². The van der Waals surface area contributed by atoms with Crippen LogP contribution in [0, 0.1) is 0 Å². The normalized spacial score (nSPS) is 16.9. The Morgan fingerprint density at radius 3 is 2.60 bits per heavy atom. The van der Waals surface area contributed by atoms with Crippen molar-refractivity contribution in [2.75, 3.05) is 13.7 Å². The monoisotopic (exact) mass is 273 g/mol. The van der Waals surface area contributed by atoms with E-state index in [0.717, 1.165) is 5.56 Å². The predicted octanol–water partition coefficient (Wildman–Crippen LogP) is 3.17. The van der Waals surface area contributed by atoms with Crippen LogP contribution in [0.25, 0.3) is 6.08 Å². The van der Waals surface area contributed by atoms with E-state index in [1.807, 2.05) is 36.4 Å². The van der Waals surface area contributed by atoms with Gasteiger partial charge in [-0.05, 0) is 24.5 Å². The van der Waals surface area contributed by atoms with E-state index in [0.29, 0.717) is 18.2 Å². The maximum absolute atomic E-state index is 11.9. The molecule has 20 heavy (non-hydrogen) atoms. The summed E-state index contributed by atoms with van der Waals surface area (Å²) < 4.78 is 4.88. The Hall–Kier alpha value is -1.61. The topological polar surface area (TPSA) is 38.3 Å². The van der Waals surface area contributed by atoms with Crippen LogP contribution in [0.5, 0.6) is 0 Å². The van der Waals surface area contributed by atoms with E-state index in [9.17, 15) is 4.79 Å². The molecule has 0 unspecified atom stereocenters. The molecule has 3 heteroatoms. The Balaban J connectivity index is 2.00. The van der Waals surface area contributed by atoms with Crippen molar-refractivity contribution < 1.29 is 9.53 Å². The van der Waals surface area contributed by atoms with Gasteiger partial charge >= 0.3 is 5.97 Å². The van der Waals surface area contributed by atoms with Crippen LogP contribution >= 0.6 is 0 Å². The maximum atomic E-state index is 11.9. The Bertz CT molecular complexity index is 447. The quantitative estimate of drug-likeness (QED) is 0.661. The van der Waals surface area contributed by atoms with E-state index < -0.39 is 0 Å². The van der Waals surface area contributed by atoms with Gasteiger partial charge in [0.1, 0.15) is 0 Å². The smallest absolute Gasteiger partial charge is 0.335 e. The van der Waals surface area contributed by atoms with Crippen molar-refractivity contribution in [2.45, 2.75) is 38.1 Å². The summed E-state index contributed by atoms with van der Waals surface area (Å²) in [6.45, 7) is 0.576. The number of esters is 1. The lowest BCUT2D eigenvalue weighted by Gasteiger charge is -2.23. The average molecular weight is 273 g/mol. The van der Waals surface area contributed by atoms with Crippen LogP contribution in [0.15, 0.2) is 35.9 Å². The van der Waals surface area contributed by atoms with Gasteiger partial charge in [-0.2, -0.15) is 0 Å². The number of hydrogen-bond acceptors (Lipinski definition) is 3. The van der Waals surface area contributed by atoms with E-state index in [1.54, 1.807) is 0 Å². The lowest BCUT2D eigenvalue weighted by Crippen LogP contribution is -2.33. The lowest BCUT2D eigenvalue weighted by molar-refractivity contribution is -0.136. The number of carbonyl (C=O) groups is 1. The molecule has 2 rings (SSSR count). The molecule has 0 atom stereocenters. The molecule has 0 bridgehead atoms. The van der Waals surface area contributed by atoms with Crippen molar-refractivity contribution >= 4 is 12.0 Å². The van der Waals surface area contributed by atoms with Crippen molar-refractivity contribution in [2.24, 2.45) is 0 Å². The first-order valence-corrected chi connectivity index (χ1v) is 7.37. The van der Waals surface area contributed by atoms with Crippen LogP contribution in [0.3, 0.4) is 0 Å². The minimum absolute atomic E-state index is 0.253. The third kappa shape index (κ3) is 4.49. The standard InChI is InChI=1S/C17H23NO2/c1-20-17(19)15(12-14-8-4-2-5-9-14)13-18-16-10-6-3-7-11-16/h2,4-5,8-9,12,16,18H,3,6-7,10-11,13H2,1H3/b15-12+. The number of nitrogens with one attached hydrogen (secondary N) is 1. The van der Waals surface area contributed by atoms with Crippen molar-refractivity contribution in [1.29, 1.82) is 0 Å². The third-order valence-corrected chi connectivity index (χ3v) is 3.77. The fraction of sp³-hybridized carbons (Fsp3) is 0.471. The first-order valence-electron chi connectivity index (χ1n) is 7.37. The number of methoxy groups -OCH3 is 1. The van der Waals surface area contributed by atoms with Gasteiger partial charge in [0, 0.05) is 12.6 Å². The van der Waals surface area contributed by atoms with Crippen LogP contribution in [0.4, 0.5) is 0 Å². The fourth-order valence-electron chi connectivity index (χ4n) is 2.62. The molecule has 108 valence electrons. The van der Waals surface area contributed by atoms with Gasteiger partial charge in [-0.15, -0.1) is 0 Å². The highest BCUT2D eigenvalue weighted by molar-refractivity contribution is 5.94. The summed E-state index contributed by atoms with van der Waals surface area (Å²) in [4.78, 5) is 11.9. The first kappa shape index (κ1) is 14.8. The molecule has 1 aromatic carbocycles. The summed E-state index contributed by atoms with van der Waals surface area (Å²) in [5.41, 5.74) is 1.71. The number of ether oxygens (including phenoxy) is 1. The third-order valence-electron chi connectivity index (χ3n) is 3.77. The molecule has 0 aromatic heterocycles. The molecule has 0 heterocycles. The molecule has 0 saturated heterocycles. The summed E-state index contributed by atoms with van der Waals surface area (Å²) in [5.74, 6) is -0.253. The number of rotatable bonds is 5. The Morgan fingerprint density at radius 1 is 1.25 bits per heavy atom. The van der Waals surface area contributed by atoms with Crippen molar-refractivity contribution in [1.82, 2.24) is 5.32 Å². The van der Waals surface area contributed by atoms with Crippen molar-refractivity contribution in [3.05, 3.63) is 41.5 Å². The molecule has 0 aliphatic heterocycles. The van der Waals surface area contributed by atoms with Gasteiger partial charge < -0.3 is 10.1 Å². The molecule has 0 radical (unpaired) electrons. The fourth-order valence-corrected chi connectivity index (χ4v) is 2.62. The van der Waals surface area contributed by atoms with Gasteiger partial charge in [-0.1, -0.05) is 49.6 Å². The second kappa shape index (κ2) is 7.85. The molecule has 1 aromatic rings. The lowest BCUT2D eigenvalue weighted by atomic mass is 9.95. The van der Waals surface area contributed by atoms with E-state index in [-0.39, 0.29) is 5.97 Å². The van der Waals surface area contributed by atoms with Crippen LogP contribution < -0.4 is 5.32 Å². The van der Waals surface area contributed by atoms with Crippen molar-refractivity contribution in [3.63, 3.8) is 0 Å². The highest BCUT2D eigenvalue weighted by atomic mass is 16.5. The van der Waals surface area contributed by atoms with Gasteiger partial charge in [0.05, 0.1) is 12.7 Å². The highest BCUT2D eigenvalue weighted by Gasteiger charge is 2.15. The molecule has 1 N–H and O–H groups in total. The second-order valence-electron chi connectivity index (χ2n) is 5.29. The Morgan fingerprint density at radius 2 is 1.95 bits per heavy atom. The van der Waals surface area contributed by atoms with Crippen LogP contribution in [-0.4, -0.2) is 25.7 Å². The number of benzene rings is 1. The number of hydrogen-bond donors (Lipinski definition) is 1. The minimum Gasteiger partial charge on any atom is -0.466 e. The molecule has 1 aliphatic rings. The van der Waals surface area contributed by atoms with E-state index in [2.05, 4.69) is 5.32 Å². The van der Waals surface area contributed by atoms with E-state index >= 15 is 0 Å². The molecular weight excluding hydrogens is 250 g/mol. The summed E-state index contributed by atoms with van der Waals surface area (Å²) in [7, 11) is 1.43. The molecule has 3 nitrogen and oxygen atoms in total. The molecule has 1 saturated carbocycles. The van der Waals surface area contributed by atoms with E-state index in [1.165, 1.54) is 39.2 Å². The predicted molar refractivity (Wildman–Crippen MR) is 81.3 cm³/mol. The highest BCUT2D eigenvalue weighted by Crippen LogP contribution is 2.18. The summed E-state index contributed by atoms with van der Waals surface area (Å²) >= 11 is 0. The Kier molecular flexibility index (Phi) is 5.81. The SMILES string of the molecule is COC(=O)/C(=C/c1ccccc1)CNC1CCCCC1.